The van der Waals surface area contributed by atoms with Gasteiger partial charge in [0.25, 0.3) is 0 Å². The van der Waals surface area contributed by atoms with Gasteiger partial charge >= 0.3 is 0 Å². The van der Waals surface area contributed by atoms with Gasteiger partial charge in [0.1, 0.15) is 5.75 Å². The van der Waals surface area contributed by atoms with Crippen LogP contribution in [0, 0.1) is 0 Å². The molecule has 0 bridgehead atoms. The second kappa shape index (κ2) is 7.85. The molecule has 8 heteroatoms. The van der Waals surface area contributed by atoms with Crippen molar-refractivity contribution in [1.29, 1.82) is 0 Å². The fourth-order valence-electron chi connectivity index (χ4n) is 2.36. The van der Waals surface area contributed by atoms with E-state index in [0.29, 0.717) is 31.9 Å². The first-order valence-corrected chi connectivity index (χ1v) is 9.81. The number of rotatable bonds is 4. The number of amidine groups is 1. The summed E-state index contributed by atoms with van der Waals surface area (Å²) in [6, 6.07) is 6.47. The molecule has 126 valence electrons. The summed E-state index contributed by atoms with van der Waals surface area (Å²) >= 11 is 1.53. The largest absolute Gasteiger partial charge is 0.497 e. The molecule has 1 heterocycles. The summed E-state index contributed by atoms with van der Waals surface area (Å²) < 4.78 is 31.9. The molecule has 0 N–H and O–H groups in total. The molecule has 1 aliphatic rings. The van der Waals surface area contributed by atoms with Crippen molar-refractivity contribution in [3.8, 4) is 5.75 Å². The van der Waals surface area contributed by atoms with E-state index >= 15 is 0 Å². The molecule has 0 radical (unpaired) electrons. The van der Waals surface area contributed by atoms with E-state index in [-0.39, 0.29) is 4.90 Å². The summed E-state index contributed by atoms with van der Waals surface area (Å²) in [5.41, 5.74) is 0. The van der Waals surface area contributed by atoms with E-state index in [0.717, 1.165) is 5.17 Å². The van der Waals surface area contributed by atoms with E-state index in [1.807, 2.05) is 6.26 Å². The third-order valence-corrected chi connectivity index (χ3v) is 6.23. The van der Waals surface area contributed by atoms with E-state index in [2.05, 4.69) is 16.5 Å². The molecule has 0 amide bonds. The van der Waals surface area contributed by atoms with E-state index in [1.54, 1.807) is 31.4 Å². The summed E-state index contributed by atoms with van der Waals surface area (Å²) in [7, 11) is -1.92. The van der Waals surface area contributed by atoms with Gasteiger partial charge in [-0.2, -0.15) is 4.31 Å². The number of ether oxygens (including phenoxy) is 1. The Morgan fingerprint density at radius 1 is 1.26 bits per heavy atom. The Labute approximate surface area is 141 Å². The fourth-order valence-corrected chi connectivity index (χ4v) is 4.40. The second-order valence-corrected chi connectivity index (χ2v) is 7.58. The molecule has 0 atom stereocenters. The number of methoxy groups -OCH3 is 1. The molecule has 1 fully saturated rings. The van der Waals surface area contributed by atoms with Gasteiger partial charge < -0.3 is 9.64 Å². The highest BCUT2D eigenvalue weighted by atomic mass is 32.2. The maximum absolute atomic E-state index is 12.7. The van der Waals surface area contributed by atoms with Crippen LogP contribution < -0.4 is 4.74 Å². The van der Waals surface area contributed by atoms with Crippen LogP contribution in [0.1, 0.15) is 0 Å². The van der Waals surface area contributed by atoms with Crippen molar-refractivity contribution in [2.45, 2.75) is 4.90 Å². The minimum absolute atomic E-state index is 0.289. The van der Waals surface area contributed by atoms with Crippen LogP contribution in [0.5, 0.6) is 5.75 Å². The number of piperazine rings is 1. The summed E-state index contributed by atoms with van der Waals surface area (Å²) in [6.07, 6.45) is 3.45. The Kier molecular flexibility index (Phi) is 6.09. The zero-order chi connectivity index (χ0) is 16.9. The van der Waals surface area contributed by atoms with E-state index in [9.17, 15) is 8.42 Å². The summed E-state index contributed by atoms with van der Waals surface area (Å²) in [5.74, 6) is 0.638. The lowest BCUT2D eigenvalue weighted by molar-refractivity contribution is 0.269. The Morgan fingerprint density at radius 3 is 2.35 bits per heavy atom. The number of nitrogens with zero attached hydrogens (tertiary/aromatic N) is 3. The molecule has 0 spiro atoms. The number of aliphatic imine (C=N–C) groups is 1. The lowest BCUT2D eigenvalue weighted by Crippen LogP contribution is -2.49. The number of benzene rings is 1. The molecular weight excluding hydrogens is 334 g/mol. The molecule has 1 aromatic carbocycles. The van der Waals surface area contributed by atoms with Gasteiger partial charge in [-0.05, 0) is 30.5 Å². The normalized spacial score (nSPS) is 17.1. The van der Waals surface area contributed by atoms with Crippen LogP contribution in [-0.2, 0) is 10.0 Å². The third-order valence-electron chi connectivity index (χ3n) is 3.59. The maximum atomic E-state index is 12.7. The minimum Gasteiger partial charge on any atom is -0.497 e. The van der Waals surface area contributed by atoms with Gasteiger partial charge in [-0.25, -0.2) is 13.4 Å². The Hall–Kier alpha value is -1.51. The number of hydrogen-bond donors (Lipinski definition) is 0. The van der Waals surface area contributed by atoms with Crippen LogP contribution in [-0.4, -0.2) is 62.3 Å². The molecule has 0 saturated carbocycles. The first-order valence-electron chi connectivity index (χ1n) is 7.14. The van der Waals surface area contributed by atoms with Gasteiger partial charge in [-0.15, -0.1) is 0 Å². The standard InChI is InChI=1S/C15H21N3O3S2/c1-4-16-15(22-3)17-9-11-18(12-10-17)23(19,20)14-7-5-13(21-2)6-8-14/h4-8H,1,9-12H2,2-3H3. The van der Waals surface area contributed by atoms with Crippen molar-refractivity contribution < 1.29 is 13.2 Å². The zero-order valence-corrected chi connectivity index (χ0v) is 14.9. The first-order chi connectivity index (χ1) is 11.0. The molecule has 2 rings (SSSR count). The van der Waals surface area contributed by atoms with Crippen LogP contribution in [0.3, 0.4) is 0 Å². The number of hydrogen-bond acceptors (Lipinski definition) is 5. The van der Waals surface area contributed by atoms with Crippen LogP contribution in [0.25, 0.3) is 0 Å². The molecular formula is C15H21N3O3S2. The van der Waals surface area contributed by atoms with Gasteiger partial charge in [0.2, 0.25) is 10.0 Å². The van der Waals surface area contributed by atoms with Crippen molar-refractivity contribution in [3.63, 3.8) is 0 Å². The van der Waals surface area contributed by atoms with E-state index in [1.165, 1.54) is 22.3 Å². The molecule has 0 unspecified atom stereocenters. The number of sulfonamides is 1. The van der Waals surface area contributed by atoms with Crippen LogP contribution in [0.2, 0.25) is 0 Å². The molecule has 1 aliphatic heterocycles. The highest BCUT2D eigenvalue weighted by molar-refractivity contribution is 8.13. The molecule has 0 aliphatic carbocycles. The third kappa shape index (κ3) is 4.07. The topological polar surface area (TPSA) is 62.2 Å². The lowest BCUT2D eigenvalue weighted by Gasteiger charge is -2.35. The summed E-state index contributed by atoms with van der Waals surface area (Å²) in [4.78, 5) is 6.58. The van der Waals surface area contributed by atoms with Crippen molar-refractivity contribution in [2.75, 3.05) is 39.5 Å². The first kappa shape index (κ1) is 17.8. The van der Waals surface area contributed by atoms with Crippen molar-refractivity contribution in [2.24, 2.45) is 4.99 Å². The molecule has 6 nitrogen and oxygen atoms in total. The quantitative estimate of drug-likeness (QED) is 0.609. The average molecular weight is 355 g/mol. The van der Waals surface area contributed by atoms with Crippen molar-refractivity contribution >= 4 is 27.0 Å². The van der Waals surface area contributed by atoms with Crippen molar-refractivity contribution in [3.05, 3.63) is 37.0 Å². The van der Waals surface area contributed by atoms with Crippen LogP contribution in [0.4, 0.5) is 0 Å². The van der Waals surface area contributed by atoms with Gasteiger partial charge in [0, 0.05) is 32.4 Å². The van der Waals surface area contributed by atoms with Crippen LogP contribution >= 0.6 is 11.8 Å². The monoisotopic (exact) mass is 355 g/mol. The van der Waals surface area contributed by atoms with E-state index < -0.39 is 10.0 Å². The SMILES string of the molecule is C=CN=C(SC)N1CCN(S(=O)(=O)c2ccc(OC)cc2)CC1. The molecule has 1 aromatic rings. The maximum Gasteiger partial charge on any atom is 0.243 e. The highest BCUT2D eigenvalue weighted by Crippen LogP contribution is 2.21. The van der Waals surface area contributed by atoms with Crippen LogP contribution in [0.15, 0.2) is 46.9 Å². The summed E-state index contributed by atoms with van der Waals surface area (Å²) in [5, 5.41) is 0.862. The molecule has 0 aromatic heterocycles. The number of thioether (sulfide) groups is 1. The molecule has 1 saturated heterocycles. The Bertz CT molecular complexity index is 664. The Morgan fingerprint density at radius 2 is 1.87 bits per heavy atom. The summed E-state index contributed by atoms with van der Waals surface area (Å²) in [6.45, 7) is 5.71. The van der Waals surface area contributed by atoms with Gasteiger partial charge in [-0.3, -0.25) is 0 Å². The highest BCUT2D eigenvalue weighted by Gasteiger charge is 2.29. The van der Waals surface area contributed by atoms with E-state index in [4.69, 9.17) is 4.74 Å². The zero-order valence-electron chi connectivity index (χ0n) is 13.3. The molecule has 23 heavy (non-hydrogen) atoms. The smallest absolute Gasteiger partial charge is 0.243 e. The lowest BCUT2D eigenvalue weighted by atomic mass is 10.3. The average Bonchev–Trinajstić information content (AvgIpc) is 2.60. The fraction of sp³-hybridized carbons (Fsp3) is 0.400. The van der Waals surface area contributed by atoms with Crippen molar-refractivity contribution in [1.82, 2.24) is 9.21 Å². The minimum atomic E-state index is -3.47. The predicted octanol–water partition coefficient (Wildman–Crippen LogP) is 1.86. The van der Waals surface area contributed by atoms with Gasteiger partial charge in [0.05, 0.1) is 12.0 Å². The Balaban J connectivity index is 2.08. The van der Waals surface area contributed by atoms with Gasteiger partial charge in [-0.1, -0.05) is 18.3 Å². The van der Waals surface area contributed by atoms with Gasteiger partial charge in [0.15, 0.2) is 5.17 Å². The predicted molar refractivity (Wildman–Crippen MR) is 94.5 cm³/mol. The second-order valence-electron chi connectivity index (χ2n) is 4.87.